The number of thioether (sulfide) groups is 1. The SMILES string of the molecule is CCC(CSC)N(C)S(=O)(=O)c1c[nH]c(CCl)c1. The number of rotatable bonds is 7. The van der Waals surface area contributed by atoms with Gasteiger partial charge in [-0.15, -0.1) is 11.6 Å². The van der Waals surface area contributed by atoms with Crippen LogP contribution in [0, 0.1) is 0 Å². The van der Waals surface area contributed by atoms with Crippen LogP contribution in [0.4, 0.5) is 0 Å². The molecule has 4 nitrogen and oxygen atoms in total. The first-order valence-corrected chi connectivity index (χ1v) is 9.04. The summed E-state index contributed by atoms with van der Waals surface area (Å²) in [6.07, 6.45) is 4.27. The predicted molar refractivity (Wildman–Crippen MR) is 77.8 cm³/mol. The van der Waals surface area contributed by atoms with Crippen molar-refractivity contribution >= 4 is 33.4 Å². The molecule has 0 aliphatic heterocycles. The van der Waals surface area contributed by atoms with Gasteiger partial charge in [-0.1, -0.05) is 6.92 Å². The van der Waals surface area contributed by atoms with Crippen molar-refractivity contribution < 1.29 is 8.42 Å². The quantitative estimate of drug-likeness (QED) is 0.787. The normalized spacial score (nSPS) is 14.1. The molecule has 0 fully saturated rings. The number of aromatic amines is 1. The van der Waals surface area contributed by atoms with Crippen LogP contribution in [0.15, 0.2) is 17.2 Å². The van der Waals surface area contributed by atoms with Crippen LogP contribution in [0.5, 0.6) is 0 Å². The van der Waals surface area contributed by atoms with Crippen LogP contribution in [0.25, 0.3) is 0 Å². The van der Waals surface area contributed by atoms with Crippen molar-refractivity contribution in [1.29, 1.82) is 0 Å². The Hall–Kier alpha value is -0.170. The second-order valence-electron chi connectivity index (χ2n) is 4.03. The number of alkyl halides is 1. The van der Waals surface area contributed by atoms with E-state index in [0.29, 0.717) is 5.69 Å². The summed E-state index contributed by atoms with van der Waals surface area (Å²) in [4.78, 5) is 3.14. The van der Waals surface area contributed by atoms with Crippen LogP contribution in [-0.2, 0) is 15.9 Å². The zero-order valence-corrected chi connectivity index (χ0v) is 13.2. The molecule has 1 aromatic rings. The lowest BCUT2D eigenvalue weighted by atomic mass is 10.3. The van der Waals surface area contributed by atoms with Gasteiger partial charge < -0.3 is 4.98 Å². The number of nitrogens with one attached hydrogen (secondary N) is 1. The van der Waals surface area contributed by atoms with E-state index in [4.69, 9.17) is 11.6 Å². The lowest BCUT2D eigenvalue weighted by Gasteiger charge is -2.25. The third-order valence-corrected chi connectivity index (χ3v) is 5.78. The highest BCUT2D eigenvalue weighted by Crippen LogP contribution is 2.21. The number of sulfonamides is 1. The minimum atomic E-state index is -3.43. The molecule has 7 heteroatoms. The molecule has 0 radical (unpaired) electrons. The second kappa shape index (κ2) is 6.84. The van der Waals surface area contributed by atoms with E-state index < -0.39 is 10.0 Å². The molecular formula is C11H19ClN2O2S2. The van der Waals surface area contributed by atoms with Crippen LogP contribution in [0.2, 0.25) is 0 Å². The van der Waals surface area contributed by atoms with Gasteiger partial charge in [-0.2, -0.15) is 16.1 Å². The molecule has 104 valence electrons. The summed E-state index contributed by atoms with van der Waals surface area (Å²) in [6, 6.07) is 1.60. The van der Waals surface area contributed by atoms with Crippen LogP contribution >= 0.6 is 23.4 Å². The number of aromatic nitrogens is 1. The molecule has 1 heterocycles. The van der Waals surface area contributed by atoms with E-state index in [0.717, 1.165) is 12.2 Å². The summed E-state index contributed by atoms with van der Waals surface area (Å²) in [5.74, 6) is 1.07. The molecule has 1 unspecified atom stereocenters. The second-order valence-corrected chi connectivity index (χ2v) is 7.21. The summed E-state index contributed by atoms with van der Waals surface area (Å²) in [5.41, 5.74) is 0.710. The molecular weight excluding hydrogens is 292 g/mol. The zero-order valence-electron chi connectivity index (χ0n) is 10.8. The predicted octanol–water partition coefficient (Wildman–Crippen LogP) is 2.52. The van der Waals surface area contributed by atoms with Crippen molar-refractivity contribution in [3.05, 3.63) is 18.0 Å². The third kappa shape index (κ3) is 3.44. The van der Waals surface area contributed by atoms with Crippen molar-refractivity contribution in [3.8, 4) is 0 Å². The highest BCUT2D eigenvalue weighted by molar-refractivity contribution is 7.98. The molecule has 1 atom stereocenters. The summed E-state index contributed by atoms with van der Waals surface area (Å²) in [5, 5.41) is 0. The Kier molecular flexibility index (Phi) is 6.04. The Balaban J connectivity index is 2.97. The van der Waals surface area contributed by atoms with Gasteiger partial charge in [0.25, 0.3) is 0 Å². The minimum absolute atomic E-state index is 0.0133. The van der Waals surface area contributed by atoms with Gasteiger partial charge in [-0.05, 0) is 18.7 Å². The number of H-pyrrole nitrogens is 1. The van der Waals surface area contributed by atoms with E-state index in [-0.39, 0.29) is 16.8 Å². The first kappa shape index (κ1) is 15.9. The maximum atomic E-state index is 12.4. The fourth-order valence-corrected chi connectivity index (χ4v) is 4.22. The first-order valence-electron chi connectivity index (χ1n) is 5.67. The van der Waals surface area contributed by atoms with E-state index >= 15 is 0 Å². The Morgan fingerprint density at radius 1 is 1.56 bits per heavy atom. The zero-order chi connectivity index (χ0) is 13.8. The van der Waals surface area contributed by atoms with Gasteiger partial charge in [0, 0.05) is 30.7 Å². The van der Waals surface area contributed by atoms with Gasteiger partial charge in [0.15, 0.2) is 0 Å². The van der Waals surface area contributed by atoms with Crippen molar-refractivity contribution in [3.63, 3.8) is 0 Å². The van der Waals surface area contributed by atoms with E-state index in [1.807, 2.05) is 13.2 Å². The molecule has 0 aromatic carbocycles. The third-order valence-electron chi connectivity index (χ3n) is 2.88. The first-order chi connectivity index (χ1) is 8.47. The van der Waals surface area contributed by atoms with Crippen LogP contribution in [0.1, 0.15) is 19.0 Å². The van der Waals surface area contributed by atoms with Gasteiger partial charge in [-0.3, -0.25) is 0 Å². The summed E-state index contributed by atoms with van der Waals surface area (Å²) < 4.78 is 26.2. The average molecular weight is 311 g/mol. The van der Waals surface area contributed by atoms with E-state index in [9.17, 15) is 8.42 Å². The highest BCUT2D eigenvalue weighted by Gasteiger charge is 2.27. The smallest absolute Gasteiger partial charge is 0.244 e. The van der Waals surface area contributed by atoms with Gasteiger partial charge in [-0.25, -0.2) is 8.42 Å². The van der Waals surface area contributed by atoms with Crippen molar-refractivity contribution in [1.82, 2.24) is 9.29 Å². The van der Waals surface area contributed by atoms with Gasteiger partial charge in [0.05, 0.1) is 10.8 Å². The average Bonchev–Trinajstić information content (AvgIpc) is 2.84. The molecule has 0 bridgehead atoms. The Bertz CT molecular complexity index is 473. The molecule has 0 aliphatic carbocycles. The Morgan fingerprint density at radius 3 is 2.67 bits per heavy atom. The number of hydrogen-bond acceptors (Lipinski definition) is 3. The fraction of sp³-hybridized carbons (Fsp3) is 0.636. The lowest BCUT2D eigenvalue weighted by Crippen LogP contribution is -2.38. The largest absolute Gasteiger partial charge is 0.363 e. The molecule has 0 saturated carbocycles. The van der Waals surface area contributed by atoms with Crippen molar-refractivity contribution in [2.45, 2.75) is 30.2 Å². The molecule has 0 aliphatic rings. The highest BCUT2D eigenvalue weighted by atomic mass is 35.5. The molecule has 1 N–H and O–H groups in total. The van der Waals surface area contributed by atoms with E-state index in [1.165, 1.54) is 10.5 Å². The number of nitrogens with zero attached hydrogens (tertiary/aromatic N) is 1. The van der Waals surface area contributed by atoms with Crippen LogP contribution in [0.3, 0.4) is 0 Å². The number of hydrogen-bond donors (Lipinski definition) is 1. The van der Waals surface area contributed by atoms with Gasteiger partial charge in [0.1, 0.15) is 0 Å². The van der Waals surface area contributed by atoms with E-state index in [1.54, 1.807) is 24.9 Å². The summed E-state index contributed by atoms with van der Waals surface area (Å²) in [7, 11) is -1.80. The lowest BCUT2D eigenvalue weighted by molar-refractivity contribution is 0.385. The maximum Gasteiger partial charge on any atom is 0.244 e. The van der Waals surface area contributed by atoms with Crippen LogP contribution < -0.4 is 0 Å². The summed E-state index contributed by atoms with van der Waals surface area (Å²) in [6.45, 7) is 1.99. The molecule has 0 amide bonds. The maximum absolute atomic E-state index is 12.4. The monoisotopic (exact) mass is 310 g/mol. The Morgan fingerprint density at radius 2 is 2.22 bits per heavy atom. The molecule has 18 heavy (non-hydrogen) atoms. The van der Waals surface area contributed by atoms with Crippen molar-refractivity contribution in [2.24, 2.45) is 0 Å². The summed E-state index contributed by atoms with van der Waals surface area (Å²) >= 11 is 7.32. The fourth-order valence-electron chi connectivity index (χ4n) is 1.68. The number of halogens is 1. The van der Waals surface area contributed by atoms with E-state index in [2.05, 4.69) is 4.98 Å². The van der Waals surface area contributed by atoms with Crippen molar-refractivity contribution in [2.75, 3.05) is 19.1 Å². The topological polar surface area (TPSA) is 53.2 Å². The minimum Gasteiger partial charge on any atom is -0.363 e. The standard InChI is InChI=1S/C11H19ClN2O2S2/c1-4-10(8-17-3)14(2)18(15,16)11-5-9(6-12)13-7-11/h5,7,10,13H,4,6,8H2,1-3H3. The van der Waals surface area contributed by atoms with Gasteiger partial charge >= 0.3 is 0 Å². The van der Waals surface area contributed by atoms with Crippen LogP contribution in [-0.4, -0.2) is 42.8 Å². The molecule has 0 spiro atoms. The molecule has 1 aromatic heterocycles. The Labute approximate surface area is 118 Å². The molecule has 1 rings (SSSR count). The van der Waals surface area contributed by atoms with Gasteiger partial charge in [0.2, 0.25) is 10.0 Å². The molecule has 0 saturated heterocycles.